The van der Waals surface area contributed by atoms with E-state index in [2.05, 4.69) is 35.1 Å². The summed E-state index contributed by atoms with van der Waals surface area (Å²) in [7, 11) is 0. The molecule has 1 unspecified atom stereocenters. The Balaban J connectivity index is 2.73. The molecule has 0 bridgehead atoms. The molecule has 0 saturated carbocycles. The third kappa shape index (κ3) is 5.06. The van der Waals surface area contributed by atoms with Crippen LogP contribution in [0.25, 0.3) is 0 Å². The quantitative estimate of drug-likeness (QED) is 0.811. The summed E-state index contributed by atoms with van der Waals surface area (Å²) in [6, 6.07) is 6.13. The van der Waals surface area contributed by atoms with Crippen molar-refractivity contribution in [2.75, 3.05) is 6.61 Å². The van der Waals surface area contributed by atoms with Gasteiger partial charge in [0.2, 0.25) is 0 Å². The molecule has 100 valence electrons. The molecule has 3 N–H and O–H groups in total. The van der Waals surface area contributed by atoms with E-state index in [0.29, 0.717) is 18.3 Å². The molecule has 0 heterocycles. The molecule has 1 aromatic rings. The van der Waals surface area contributed by atoms with Gasteiger partial charge in [0, 0.05) is 22.6 Å². The van der Waals surface area contributed by atoms with Crippen LogP contribution in [0.2, 0.25) is 0 Å². The van der Waals surface area contributed by atoms with Crippen molar-refractivity contribution in [1.29, 1.82) is 0 Å². The number of benzene rings is 1. The summed E-state index contributed by atoms with van der Waals surface area (Å²) >= 11 is 3.43. The highest BCUT2D eigenvalue weighted by Gasteiger charge is 2.07. The molecule has 0 aromatic heterocycles. The van der Waals surface area contributed by atoms with Gasteiger partial charge in [-0.1, -0.05) is 22.9 Å². The zero-order valence-electron chi connectivity index (χ0n) is 10.7. The van der Waals surface area contributed by atoms with E-state index < -0.39 is 5.91 Å². The Hall–Kier alpha value is -1.07. The number of carbonyl (C=O) groups excluding carboxylic acids is 1. The second-order valence-corrected chi connectivity index (χ2v) is 5.11. The standard InChI is InChI=1S/C13H19BrN2O2/c1-3-9(2)16-7-10-6-11(14)4-5-12(10)18-8-13(15)17/h4-6,9,16H,3,7-8H2,1-2H3,(H2,15,17). The molecule has 5 heteroatoms. The van der Waals surface area contributed by atoms with Crippen molar-refractivity contribution in [3.8, 4) is 5.75 Å². The SMILES string of the molecule is CCC(C)NCc1cc(Br)ccc1OCC(N)=O. The maximum absolute atomic E-state index is 10.7. The molecule has 0 saturated heterocycles. The highest BCUT2D eigenvalue weighted by Crippen LogP contribution is 2.23. The molecular formula is C13H19BrN2O2. The van der Waals surface area contributed by atoms with Crippen LogP contribution in [0.3, 0.4) is 0 Å². The van der Waals surface area contributed by atoms with Gasteiger partial charge in [0.05, 0.1) is 0 Å². The van der Waals surface area contributed by atoms with Crippen LogP contribution in [0.4, 0.5) is 0 Å². The summed E-state index contributed by atoms with van der Waals surface area (Å²) in [6.07, 6.45) is 1.06. The average molecular weight is 315 g/mol. The molecule has 1 rings (SSSR count). The second kappa shape index (κ2) is 7.38. The minimum Gasteiger partial charge on any atom is -0.483 e. The van der Waals surface area contributed by atoms with Crippen LogP contribution in [0.1, 0.15) is 25.8 Å². The van der Waals surface area contributed by atoms with Gasteiger partial charge in [-0.15, -0.1) is 0 Å². The molecule has 0 aliphatic carbocycles. The summed E-state index contributed by atoms with van der Waals surface area (Å²) < 4.78 is 6.37. The van der Waals surface area contributed by atoms with Gasteiger partial charge in [0.15, 0.2) is 6.61 Å². The highest BCUT2D eigenvalue weighted by molar-refractivity contribution is 9.10. The predicted octanol–water partition coefficient (Wildman–Crippen LogP) is 2.20. The van der Waals surface area contributed by atoms with Crippen LogP contribution < -0.4 is 15.8 Å². The van der Waals surface area contributed by atoms with Crippen molar-refractivity contribution in [1.82, 2.24) is 5.32 Å². The minimum atomic E-state index is -0.473. The van der Waals surface area contributed by atoms with E-state index in [1.807, 2.05) is 18.2 Å². The number of ether oxygens (including phenoxy) is 1. The van der Waals surface area contributed by atoms with Crippen LogP contribution in [0.5, 0.6) is 5.75 Å². The Morgan fingerprint density at radius 2 is 2.28 bits per heavy atom. The molecule has 0 fully saturated rings. The Labute approximate surface area is 116 Å². The number of halogens is 1. The Kier molecular flexibility index (Phi) is 6.15. The van der Waals surface area contributed by atoms with Gasteiger partial charge in [0.1, 0.15) is 5.75 Å². The Bertz CT molecular complexity index is 410. The van der Waals surface area contributed by atoms with E-state index in [1.54, 1.807) is 0 Å². The van der Waals surface area contributed by atoms with E-state index in [0.717, 1.165) is 16.5 Å². The maximum Gasteiger partial charge on any atom is 0.255 e. The number of amides is 1. The highest BCUT2D eigenvalue weighted by atomic mass is 79.9. The number of carbonyl (C=O) groups is 1. The first kappa shape index (κ1) is 15.0. The molecule has 0 aliphatic heterocycles. The molecule has 1 aromatic carbocycles. The maximum atomic E-state index is 10.7. The summed E-state index contributed by atoms with van der Waals surface area (Å²) in [5.74, 6) is 0.214. The lowest BCUT2D eigenvalue weighted by atomic mass is 10.2. The van der Waals surface area contributed by atoms with Gasteiger partial charge >= 0.3 is 0 Å². The van der Waals surface area contributed by atoms with E-state index in [4.69, 9.17) is 10.5 Å². The smallest absolute Gasteiger partial charge is 0.255 e. The first-order valence-corrected chi connectivity index (χ1v) is 6.75. The van der Waals surface area contributed by atoms with Crippen LogP contribution >= 0.6 is 15.9 Å². The van der Waals surface area contributed by atoms with Crippen molar-refractivity contribution in [2.24, 2.45) is 5.73 Å². The Morgan fingerprint density at radius 3 is 2.89 bits per heavy atom. The number of nitrogens with one attached hydrogen (secondary N) is 1. The number of primary amides is 1. The van der Waals surface area contributed by atoms with Gasteiger partial charge in [0.25, 0.3) is 5.91 Å². The van der Waals surface area contributed by atoms with Gasteiger partial charge in [-0.25, -0.2) is 0 Å². The van der Waals surface area contributed by atoms with Crippen LogP contribution in [-0.4, -0.2) is 18.6 Å². The van der Waals surface area contributed by atoms with Gasteiger partial charge in [-0.3, -0.25) is 4.79 Å². The third-order valence-electron chi connectivity index (χ3n) is 2.65. The zero-order chi connectivity index (χ0) is 13.5. The molecular weight excluding hydrogens is 296 g/mol. The molecule has 1 atom stereocenters. The number of rotatable bonds is 7. The van der Waals surface area contributed by atoms with Crippen molar-refractivity contribution in [3.63, 3.8) is 0 Å². The minimum absolute atomic E-state index is 0.0992. The van der Waals surface area contributed by atoms with Gasteiger partial charge < -0.3 is 15.8 Å². The number of hydrogen-bond donors (Lipinski definition) is 2. The second-order valence-electron chi connectivity index (χ2n) is 4.20. The number of hydrogen-bond acceptors (Lipinski definition) is 3. The third-order valence-corrected chi connectivity index (χ3v) is 3.14. The zero-order valence-corrected chi connectivity index (χ0v) is 12.3. The van der Waals surface area contributed by atoms with Crippen molar-refractivity contribution in [3.05, 3.63) is 28.2 Å². The summed E-state index contributed by atoms with van der Waals surface area (Å²) in [5.41, 5.74) is 6.08. The predicted molar refractivity (Wildman–Crippen MR) is 75.4 cm³/mol. The largest absolute Gasteiger partial charge is 0.483 e. The summed E-state index contributed by atoms with van der Waals surface area (Å²) in [6.45, 7) is 4.85. The van der Waals surface area contributed by atoms with E-state index in [1.165, 1.54) is 0 Å². The lowest BCUT2D eigenvalue weighted by Crippen LogP contribution is -2.25. The molecule has 0 aliphatic rings. The first-order valence-electron chi connectivity index (χ1n) is 5.95. The fraction of sp³-hybridized carbons (Fsp3) is 0.462. The molecule has 0 spiro atoms. The summed E-state index contributed by atoms with van der Waals surface area (Å²) in [4.78, 5) is 10.7. The van der Waals surface area contributed by atoms with E-state index >= 15 is 0 Å². The van der Waals surface area contributed by atoms with Crippen LogP contribution in [0.15, 0.2) is 22.7 Å². The summed E-state index contributed by atoms with van der Waals surface area (Å²) in [5, 5.41) is 3.39. The molecule has 0 radical (unpaired) electrons. The fourth-order valence-electron chi connectivity index (χ4n) is 1.40. The van der Waals surface area contributed by atoms with E-state index in [-0.39, 0.29) is 6.61 Å². The van der Waals surface area contributed by atoms with Gasteiger partial charge in [-0.05, 0) is 31.5 Å². The monoisotopic (exact) mass is 314 g/mol. The topological polar surface area (TPSA) is 64.3 Å². The molecule has 18 heavy (non-hydrogen) atoms. The first-order chi connectivity index (χ1) is 8.52. The van der Waals surface area contributed by atoms with Crippen LogP contribution in [0, 0.1) is 0 Å². The van der Waals surface area contributed by atoms with Gasteiger partial charge in [-0.2, -0.15) is 0 Å². The molecule has 1 amide bonds. The number of nitrogens with two attached hydrogens (primary N) is 1. The van der Waals surface area contributed by atoms with Crippen molar-refractivity contribution in [2.45, 2.75) is 32.9 Å². The average Bonchev–Trinajstić information content (AvgIpc) is 2.34. The lowest BCUT2D eigenvalue weighted by molar-refractivity contribution is -0.119. The van der Waals surface area contributed by atoms with Crippen molar-refractivity contribution < 1.29 is 9.53 Å². The lowest BCUT2D eigenvalue weighted by Gasteiger charge is -2.15. The molecule has 4 nitrogen and oxygen atoms in total. The Morgan fingerprint density at radius 1 is 1.56 bits per heavy atom. The fourth-order valence-corrected chi connectivity index (χ4v) is 1.81. The van der Waals surface area contributed by atoms with Crippen molar-refractivity contribution >= 4 is 21.8 Å². The van der Waals surface area contributed by atoms with Crippen LogP contribution in [-0.2, 0) is 11.3 Å². The van der Waals surface area contributed by atoms with E-state index in [9.17, 15) is 4.79 Å². The normalized spacial score (nSPS) is 12.2.